The van der Waals surface area contributed by atoms with E-state index in [1.54, 1.807) is 30.3 Å². The molecule has 7 heteroatoms. The van der Waals surface area contributed by atoms with Crippen molar-refractivity contribution in [3.05, 3.63) is 65.7 Å². The van der Waals surface area contributed by atoms with Crippen LogP contribution in [0.5, 0.6) is 5.75 Å². The average Bonchev–Trinajstić information content (AvgIpc) is 3.32. The molecule has 2 fully saturated rings. The number of benzene rings is 2. The first-order valence-electron chi connectivity index (χ1n) is 11.6. The van der Waals surface area contributed by atoms with Gasteiger partial charge < -0.3 is 9.84 Å². The number of ether oxygens (including phenoxy) is 1. The molecule has 2 saturated heterocycles. The smallest absolute Gasteiger partial charge is 0.329 e. The van der Waals surface area contributed by atoms with Gasteiger partial charge in [-0.1, -0.05) is 62.7 Å². The Bertz CT molecular complexity index is 1020. The summed E-state index contributed by atoms with van der Waals surface area (Å²) >= 11 is 0. The van der Waals surface area contributed by atoms with Crippen LogP contribution in [0.2, 0.25) is 0 Å². The normalized spacial score (nSPS) is 26.5. The fourth-order valence-electron chi connectivity index (χ4n) is 5.07. The van der Waals surface area contributed by atoms with Gasteiger partial charge in [-0.05, 0) is 36.1 Å². The van der Waals surface area contributed by atoms with E-state index in [9.17, 15) is 19.5 Å². The van der Waals surface area contributed by atoms with Crippen molar-refractivity contribution in [2.75, 3.05) is 13.2 Å². The van der Waals surface area contributed by atoms with E-state index in [2.05, 4.69) is 5.32 Å². The number of imide groups is 1. The minimum Gasteiger partial charge on any atom is -0.494 e. The third kappa shape index (κ3) is 3.80. The molecular formula is C26H30N2O5. The highest BCUT2D eigenvalue weighted by Gasteiger charge is 2.69. The van der Waals surface area contributed by atoms with Crippen molar-refractivity contribution in [1.29, 1.82) is 0 Å². The molecule has 2 aliphatic heterocycles. The highest BCUT2D eigenvalue weighted by atomic mass is 16.5. The fraction of sp³-hybridized carbons (Fsp3) is 0.423. The predicted molar refractivity (Wildman–Crippen MR) is 122 cm³/mol. The summed E-state index contributed by atoms with van der Waals surface area (Å²) in [5.41, 5.74) is -0.468. The van der Waals surface area contributed by atoms with Crippen LogP contribution >= 0.6 is 0 Å². The summed E-state index contributed by atoms with van der Waals surface area (Å²) in [5, 5.41) is 13.7. The van der Waals surface area contributed by atoms with Crippen LogP contribution in [-0.2, 0) is 19.9 Å². The van der Waals surface area contributed by atoms with Crippen LogP contribution in [0.25, 0.3) is 0 Å². The molecule has 0 saturated carbocycles. The summed E-state index contributed by atoms with van der Waals surface area (Å²) in [6, 6.07) is 15.4. The number of unbranched alkanes of at least 4 members (excludes halogenated alkanes) is 1. The van der Waals surface area contributed by atoms with E-state index in [0.29, 0.717) is 30.9 Å². The Labute approximate surface area is 193 Å². The van der Waals surface area contributed by atoms with Crippen LogP contribution in [0.15, 0.2) is 54.6 Å². The topological polar surface area (TPSA) is 95.9 Å². The fourth-order valence-corrected chi connectivity index (χ4v) is 5.07. The number of aliphatic carboxylic acids is 1. The van der Waals surface area contributed by atoms with Crippen molar-refractivity contribution in [2.24, 2.45) is 11.8 Å². The van der Waals surface area contributed by atoms with Crippen molar-refractivity contribution in [1.82, 2.24) is 10.2 Å². The van der Waals surface area contributed by atoms with E-state index < -0.39 is 35.3 Å². The lowest BCUT2D eigenvalue weighted by atomic mass is 9.75. The first kappa shape index (κ1) is 23.0. The van der Waals surface area contributed by atoms with Crippen molar-refractivity contribution in [2.45, 2.75) is 44.7 Å². The number of hydrogen-bond donors (Lipinski definition) is 2. The number of likely N-dealkylation sites (tertiary alicyclic amines) is 1. The maximum Gasteiger partial charge on any atom is 0.329 e. The first-order chi connectivity index (χ1) is 16.0. The van der Waals surface area contributed by atoms with E-state index in [-0.39, 0.29) is 5.91 Å². The van der Waals surface area contributed by atoms with Gasteiger partial charge in [0.05, 0.1) is 18.4 Å². The van der Waals surface area contributed by atoms with Gasteiger partial charge in [-0.25, -0.2) is 4.79 Å². The van der Waals surface area contributed by atoms with E-state index in [1.165, 1.54) is 4.90 Å². The summed E-state index contributed by atoms with van der Waals surface area (Å²) in [4.78, 5) is 41.1. The minimum absolute atomic E-state index is 0.304. The standard InChI is InChI=1S/C26H30N2O5/c1-3-5-15-28-23(29)20-21(24(28)30)26(25(31)32,18-9-7-6-8-10-18)27-22(20)17-11-13-19(14-12-17)33-16-4-2/h6-14,20-22,27H,3-5,15-16H2,1-2H3,(H,31,32). The Morgan fingerprint density at radius 3 is 2.33 bits per heavy atom. The summed E-state index contributed by atoms with van der Waals surface area (Å²) < 4.78 is 5.66. The van der Waals surface area contributed by atoms with Crippen molar-refractivity contribution < 1.29 is 24.2 Å². The zero-order valence-electron chi connectivity index (χ0n) is 19.0. The molecule has 0 aliphatic carbocycles. The molecule has 7 nitrogen and oxygen atoms in total. The average molecular weight is 451 g/mol. The second-order valence-corrected chi connectivity index (χ2v) is 8.70. The summed E-state index contributed by atoms with van der Waals surface area (Å²) in [5.74, 6) is -2.99. The van der Waals surface area contributed by atoms with E-state index in [1.807, 2.05) is 38.1 Å². The number of carboxylic acid groups (broad SMARTS) is 1. The molecule has 2 heterocycles. The number of rotatable bonds is 9. The molecule has 174 valence electrons. The highest BCUT2D eigenvalue weighted by molar-refractivity contribution is 6.09. The van der Waals surface area contributed by atoms with Gasteiger partial charge in [-0.3, -0.25) is 19.8 Å². The van der Waals surface area contributed by atoms with Gasteiger partial charge in [0.15, 0.2) is 5.54 Å². The van der Waals surface area contributed by atoms with Crippen LogP contribution in [0.3, 0.4) is 0 Å². The molecule has 4 unspecified atom stereocenters. The lowest BCUT2D eigenvalue weighted by molar-refractivity contribution is -0.152. The first-order valence-corrected chi connectivity index (χ1v) is 11.6. The Hall–Kier alpha value is -3.19. The van der Waals surface area contributed by atoms with Gasteiger partial charge >= 0.3 is 5.97 Å². The van der Waals surface area contributed by atoms with Crippen molar-refractivity contribution in [3.63, 3.8) is 0 Å². The molecular weight excluding hydrogens is 420 g/mol. The maximum absolute atomic E-state index is 13.5. The van der Waals surface area contributed by atoms with Gasteiger partial charge in [0.25, 0.3) is 0 Å². The summed E-state index contributed by atoms with van der Waals surface area (Å²) in [7, 11) is 0. The molecule has 0 bridgehead atoms. The molecule has 2 aromatic rings. The molecule has 33 heavy (non-hydrogen) atoms. The Balaban J connectivity index is 1.80. The molecule has 4 atom stereocenters. The molecule has 0 radical (unpaired) electrons. The number of fused-ring (bicyclic) bond motifs is 1. The zero-order valence-corrected chi connectivity index (χ0v) is 19.0. The zero-order chi connectivity index (χ0) is 23.6. The molecule has 2 N–H and O–H groups in total. The number of amides is 2. The lowest BCUT2D eigenvalue weighted by Gasteiger charge is -2.31. The number of nitrogens with zero attached hydrogens (tertiary/aromatic N) is 1. The van der Waals surface area contributed by atoms with Crippen LogP contribution in [-0.4, -0.2) is 40.9 Å². The molecule has 0 aromatic heterocycles. The van der Waals surface area contributed by atoms with Gasteiger partial charge in [0, 0.05) is 12.6 Å². The third-order valence-corrected chi connectivity index (χ3v) is 6.66. The monoisotopic (exact) mass is 450 g/mol. The number of hydrogen-bond acceptors (Lipinski definition) is 5. The Morgan fingerprint density at radius 1 is 1.03 bits per heavy atom. The van der Waals surface area contributed by atoms with Crippen molar-refractivity contribution in [3.8, 4) is 5.75 Å². The van der Waals surface area contributed by atoms with Crippen LogP contribution in [0.1, 0.15) is 50.3 Å². The Morgan fingerprint density at radius 2 is 1.73 bits per heavy atom. The number of carboxylic acids is 1. The SMILES string of the molecule is CCCCN1C(=O)C2C(c3ccc(OCCC)cc3)NC(C(=O)O)(c3ccccc3)C2C1=O. The summed E-state index contributed by atoms with van der Waals surface area (Å²) in [6.45, 7) is 4.92. The number of nitrogens with one attached hydrogen (secondary N) is 1. The quantitative estimate of drug-likeness (QED) is 0.568. The predicted octanol–water partition coefficient (Wildman–Crippen LogP) is 3.50. The highest BCUT2D eigenvalue weighted by Crippen LogP contribution is 2.53. The van der Waals surface area contributed by atoms with E-state index in [0.717, 1.165) is 18.4 Å². The van der Waals surface area contributed by atoms with Crippen LogP contribution in [0, 0.1) is 11.8 Å². The second-order valence-electron chi connectivity index (χ2n) is 8.70. The largest absolute Gasteiger partial charge is 0.494 e. The van der Waals surface area contributed by atoms with Crippen molar-refractivity contribution >= 4 is 17.8 Å². The number of carbonyl (C=O) groups is 3. The maximum atomic E-state index is 13.5. The van der Waals surface area contributed by atoms with Gasteiger partial charge in [-0.15, -0.1) is 0 Å². The number of carbonyl (C=O) groups excluding carboxylic acids is 2. The second kappa shape index (κ2) is 9.35. The molecule has 4 rings (SSSR count). The third-order valence-electron chi connectivity index (χ3n) is 6.66. The molecule has 2 aromatic carbocycles. The Kier molecular flexibility index (Phi) is 6.51. The minimum atomic E-state index is -1.69. The van der Waals surface area contributed by atoms with Crippen LogP contribution < -0.4 is 10.1 Å². The lowest BCUT2D eigenvalue weighted by Crippen LogP contribution is -2.53. The van der Waals surface area contributed by atoms with E-state index in [4.69, 9.17) is 4.74 Å². The summed E-state index contributed by atoms with van der Waals surface area (Å²) in [6.07, 6.45) is 2.40. The molecule has 2 amide bonds. The van der Waals surface area contributed by atoms with Gasteiger partial charge in [-0.2, -0.15) is 0 Å². The molecule has 0 spiro atoms. The van der Waals surface area contributed by atoms with Crippen LogP contribution in [0.4, 0.5) is 0 Å². The van der Waals surface area contributed by atoms with E-state index >= 15 is 0 Å². The van der Waals surface area contributed by atoms with Gasteiger partial charge in [0.1, 0.15) is 5.75 Å². The molecule has 2 aliphatic rings. The van der Waals surface area contributed by atoms with Gasteiger partial charge in [0.2, 0.25) is 11.8 Å².